The van der Waals surface area contributed by atoms with E-state index in [1.54, 1.807) is 6.08 Å². The smallest absolute Gasteiger partial charge is 0.321 e. The quantitative estimate of drug-likeness (QED) is 0.681. The Labute approximate surface area is 111 Å². The molecule has 0 radical (unpaired) electrons. The third kappa shape index (κ3) is 3.70. The highest BCUT2D eigenvalue weighted by molar-refractivity contribution is 5.91. The molecule has 19 heavy (non-hydrogen) atoms. The second-order valence-electron chi connectivity index (χ2n) is 4.21. The Balaban J connectivity index is 2.86. The molecule has 2 N–H and O–H groups in total. The van der Waals surface area contributed by atoms with Gasteiger partial charge in [0.25, 0.3) is 0 Å². The van der Waals surface area contributed by atoms with E-state index in [0.717, 1.165) is 0 Å². The topological polar surface area (TPSA) is 90.0 Å². The number of aliphatic carboxylic acids is 1. The van der Waals surface area contributed by atoms with Crippen LogP contribution in [0.3, 0.4) is 0 Å². The maximum absolute atomic E-state index is 12.3. The number of carboxylic acids is 1. The van der Waals surface area contributed by atoms with Crippen LogP contribution in [0.5, 0.6) is 0 Å². The normalized spacial score (nSPS) is 18.7. The minimum atomic E-state index is -1.10. The predicted octanol–water partition coefficient (Wildman–Crippen LogP) is -0.111. The minimum absolute atomic E-state index is 0.316. The van der Waals surface area contributed by atoms with Crippen LogP contribution in [0.1, 0.15) is 13.3 Å². The highest BCUT2D eigenvalue weighted by Crippen LogP contribution is 2.12. The molecule has 7 heteroatoms. The number of likely N-dealkylation sites (N-methyl/N-ethyl adjacent to an activating group) is 1. The lowest BCUT2D eigenvalue weighted by Crippen LogP contribution is -2.60. The molecule has 1 aliphatic rings. The maximum Gasteiger partial charge on any atom is 0.321 e. The van der Waals surface area contributed by atoms with E-state index in [9.17, 15) is 14.4 Å². The number of rotatable bonds is 5. The fourth-order valence-corrected chi connectivity index (χ4v) is 1.99. The van der Waals surface area contributed by atoms with Gasteiger partial charge in [0, 0.05) is 26.2 Å². The zero-order chi connectivity index (χ0) is 14.4. The summed E-state index contributed by atoms with van der Waals surface area (Å²) in [5, 5.41) is 11.4. The molecule has 0 aromatic rings. The van der Waals surface area contributed by atoms with Crippen LogP contribution < -0.4 is 5.32 Å². The third-order valence-corrected chi connectivity index (χ3v) is 2.95. The summed E-state index contributed by atoms with van der Waals surface area (Å²) in [7, 11) is 0. The van der Waals surface area contributed by atoms with Gasteiger partial charge >= 0.3 is 12.0 Å². The van der Waals surface area contributed by atoms with E-state index < -0.39 is 17.9 Å². The standard InChI is InChI=1S/C12H19N3O4/c1-3-6-14(4-2)12(19)15-7-5-13-11(18)9(15)8-10(16)17/h3,9H,1,4-8H2,2H3,(H,13,18)(H,16,17). The van der Waals surface area contributed by atoms with Crippen molar-refractivity contribution in [2.45, 2.75) is 19.4 Å². The van der Waals surface area contributed by atoms with Crippen LogP contribution >= 0.6 is 0 Å². The molecule has 0 aromatic heterocycles. The first-order chi connectivity index (χ1) is 9.01. The number of amides is 3. The van der Waals surface area contributed by atoms with Crippen molar-refractivity contribution >= 4 is 17.9 Å². The predicted molar refractivity (Wildman–Crippen MR) is 68.6 cm³/mol. The van der Waals surface area contributed by atoms with Gasteiger partial charge in [-0.2, -0.15) is 0 Å². The van der Waals surface area contributed by atoms with Crippen LogP contribution in [0.15, 0.2) is 12.7 Å². The minimum Gasteiger partial charge on any atom is -0.481 e. The molecular weight excluding hydrogens is 250 g/mol. The highest BCUT2D eigenvalue weighted by atomic mass is 16.4. The number of urea groups is 1. The molecule has 1 rings (SSSR count). The molecule has 0 aliphatic carbocycles. The summed E-state index contributed by atoms with van der Waals surface area (Å²) in [4.78, 5) is 37.6. The number of carbonyl (C=O) groups excluding carboxylic acids is 2. The van der Waals surface area contributed by atoms with Gasteiger partial charge in [-0.15, -0.1) is 6.58 Å². The lowest BCUT2D eigenvalue weighted by molar-refractivity contribution is -0.142. The number of nitrogens with one attached hydrogen (secondary N) is 1. The van der Waals surface area contributed by atoms with Crippen LogP contribution in [0, 0.1) is 0 Å². The summed E-state index contributed by atoms with van der Waals surface area (Å²) in [6, 6.07) is -1.28. The maximum atomic E-state index is 12.3. The summed E-state index contributed by atoms with van der Waals surface area (Å²) in [5.41, 5.74) is 0. The Bertz CT molecular complexity index is 383. The Kier molecular flexibility index (Phi) is 5.35. The van der Waals surface area contributed by atoms with Crippen LogP contribution in [0.2, 0.25) is 0 Å². The second-order valence-corrected chi connectivity index (χ2v) is 4.21. The van der Waals surface area contributed by atoms with Gasteiger partial charge in [0.1, 0.15) is 6.04 Å². The Hall–Kier alpha value is -2.05. The average molecular weight is 269 g/mol. The lowest BCUT2D eigenvalue weighted by atomic mass is 10.1. The summed E-state index contributed by atoms with van der Waals surface area (Å²) in [6.07, 6.45) is 1.21. The molecule has 0 bridgehead atoms. The highest BCUT2D eigenvalue weighted by Gasteiger charge is 2.36. The SMILES string of the molecule is C=CCN(CC)C(=O)N1CCNC(=O)C1CC(=O)O. The summed E-state index contributed by atoms with van der Waals surface area (Å²) >= 11 is 0. The van der Waals surface area contributed by atoms with Crippen molar-refractivity contribution in [2.24, 2.45) is 0 Å². The van der Waals surface area contributed by atoms with E-state index in [-0.39, 0.29) is 12.5 Å². The zero-order valence-corrected chi connectivity index (χ0v) is 11.0. The van der Waals surface area contributed by atoms with Gasteiger partial charge in [0.05, 0.1) is 6.42 Å². The fraction of sp³-hybridized carbons (Fsp3) is 0.583. The van der Waals surface area contributed by atoms with Gasteiger partial charge in [0.2, 0.25) is 5.91 Å². The molecule has 1 unspecified atom stereocenters. The molecular formula is C12H19N3O4. The zero-order valence-electron chi connectivity index (χ0n) is 11.0. The van der Waals surface area contributed by atoms with Crippen molar-refractivity contribution < 1.29 is 19.5 Å². The van der Waals surface area contributed by atoms with Gasteiger partial charge in [-0.05, 0) is 6.92 Å². The van der Waals surface area contributed by atoms with E-state index in [0.29, 0.717) is 26.2 Å². The van der Waals surface area contributed by atoms with Gasteiger partial charge in [0.15, 0.2) is 0 Å². The molecule has 1 heterocycles. The first kappa shape index (κ1) is 15.0. The van der Waals surface area contributed by atoms with Crippen molar-refractivity contribution in [3.63, 3.8) is 0 Å². The third-order valence-electron chi connectivity index (χ3n) is 2.95. The Morgan fingerprint density at radius 2 is 2.32 bits per heavy atom. The lowest BCUT2D eigenvalue weighted by Gasteiger charge is -2.37. The average Bonchev–Trinajstić information content (AvgIpc) is 2.37. The number of hydrogen-bond acceptors (Lipinski definition) is 3. The van der Waals surface area contributed by atoms with Gasteiger partial charge in [-0.3, -0.25) is 9.59 Å². The van der Waals surface area contributed by atoms with Gasteiger partial charge in [-0.25, -0.2) is 4.79 Å². The van der Waals surface area contributed by atoms with Crippen LogP contribution in [0.25, 0.3) is 0 Å². The van der Waals surface area contributed by atoms with E-state index in [2.05, 4.69) is 11.9 Å². The number of carboxylic acid groups (broad SMARTS) is 1. The van der Waals surface area contributed by atoms with Gasteiger partial charge < -0.3 is 20.2 Å². The van der Waals surface area contributed by atoms with Crippen LogP contribution in [0.4, 0.5) is 4.79 Å². The van der Waals surface area contributed by atoms with Crippen molar-refractivity contribution in [2.75, 3.05) is 26.2 Å². The summed E-state index contributed by atoms with van der Waals surface area (Å²) in [5.74, 6) is -1.52. The summed E-state index contributed by atoms with van der Waals surface area (Å²) < 4.78 is 0. The Morgan fingerprint density at radius 3 is 2.84 bits per heavy atom. The molecule has 0 aromatic carbocycles. The molecule has 1 aliphatic heterocycles. The second kappa shape index (κ2) is 6.77. The number of nitrogens with zero attached hydrogens (tertiary/aromatic N) is 2. The molecule has 7 nitrogen and oxygen atoms in total. The first-order valence-electron chi connectivity index (χ1n) is 6.17. The van der Waals surface area contributed by atoms with Crippen molar-refractivity contribution in [3.8, 4) is 0 Å². The number of carbonyl (C=O) groups is 3. The first-order valence-corrected chi connectivity index (χ1v) is 6.17. The molecule has 3 amide bonds. The van der Waals surface area contributed by atoms with Crippen LogP contribution in [-0.4, -0.2) is 65.0 Å². The van der Waals surface area contributed by atoms with E-state index in [4.69, 9.17) is 5.11 Å². The molecule has 106 valence electrons. The molecule has 1 atom stereocenters. The molecule has 0 saturated carbocycles. The molecule has 1 saturated heterocycles. The molecule has 0 spiro atoms. The van der Waals surface area contributed by atoms with Crippen molar-refractivity contribution in [3.05, 3.63) is 12.7 Å². The number of piperazine rings is 1. The van der Waals surface area contributed by atoms with E-state index in [1.807, 2.05) is 6.92 Å². The van der Waals surface area contributed by atoms with E-state index in [1.165, 1.54) is 9.80 Å². The largest absolute Gasteiger partial charge is 0.481 e. The molecule has 1 fully saturated rings. The Morgan fingerprint density at radius 1 is 1.63 bits per heavy atom. The fourth-order valence-electron chi connectivity index (χ4n) is 1.99. The summed E-state index contributed by atoms with van der Waals surface area (Å²) in [6.45, 7) is 6.89. The van der Waals surface area contributed by atoms with Gasteiger partial charge in [-0.1, -0.05) is 6.08 Å². The van der Waals surface area contributed by atoms with E-state index >= 15 is 0 Å². The number of hydrogen-bond donors (Lipinski definition) is 2. The monoisotopic (exact) mass is 269 g/mol. The van der Waals surface area contributed by atoms with Crippen molar-refractivity contribution in [1.29, 1.82) is 0 Å². The van der Waals surface area contributed by atoms with Crippen LogP contribution in [-0.2, 0) is 9.59 Å². The van der Waals surface area contributed by atoms with Crippen molar-refractivity contribution in [1.82, 2.24) is 15.1 Å².